The van der Waals surface area contributed by atoms with Gasteiger partial charge in [-0.15, -0.1) is 21.5 Å². The fraction of sp³-hybridized carbons (Fsp3) is 0.263. The molecule has 0 unspecified atom stereocenters. The second-order valence-electron chi connectivity index (χ2n) is 6.42. The molecule has 0 aliphatic carbocycles. The molecule has 2 amide bonds. The zero-order valence-corrected chi connectivity index (χ0v) is 17.8. The molecule has 0 saturated carbocycles. The first kappa shape index (κ1) is 19.8. The van der Waals surface area contributed by atoms with E-state index in [-0.39, 0.29) is 18.4 Å². The van der Waals surface area contributed by atoms with Crippen LogP contribution >= 0.6 is 34.3 Å². The lowest BCUT2D eigenvalue weighted by molar-refractivity contribution is -0.130. The van der Waals surface area contributed by atoms with E-state index in [4.69, 9.17) is 11.6 Å². The van der Waals surface area contributed by atoms with Crippen LogP contribution in [-0.2, 0) is 4.79 Å². The van der Waals surface area contributed by atoms with Crippen LogP contribution in [0.4, 0.5) is 5.13 Å². The molecule has 2 aromatic heterocycles. The molecular weight excluding hydrogens is 430 g/mol. The third-order valence-electron chi connectivity index (χ3n) is 4.56. The standard InChI is InChI=1S/C19H18ClN5O2S2/c20-14-5-3-13(4-6-14)17(27)21-12-16(26)24-7-9-25(10-8-24)19-23-22-18(29-19)15-2-1-11-28-15/h1-6,11H,7-10,12H2,(H,21,27). The van der Waals surface area contributed by atoms with Crippen LogP contribution < -0.4 is 10.2 Å². The largest absolute Gasteiger partial charge is 0.343 e. The third-order valence-corrected chi connectivity index (χ3v) is 6.83. The molecule has 0 atom stereocenters. The van der Waals surface area contributed by atoms with Crippen LogP contribution in [0.1, 0.15) is 10.4 Å². The number of rotatable bonds is 5. The Hall–Kier alpha value is -2.49. The predicted molar refractivity (Wildman–Crippen MR) is 116 cm³/mol. The average Bonchev–Trinajstić information content (AvgIpc) is 3.44. The smallest absolute Gasteiger partial charge is 0.251 e. The minimum Gasteiger partial charge on any atom is -0.343 e. The van der Waals surface area contributed by atoms with Gasteiger partial charge in [-0.25, -0.2) is 0 Å². The van der Waals surface area contributed by atoms with Crippen LogP contribution in [0, 0.1) is 0 Å². The number of aromatic nitrogens is 2. The molecule has 7 nitrogen and oxygen atoms in total. The van der Waals surface area contributed by atoms with E-state index in [2.05, 4.69) is 20.4 Å². The van der Waals surface area contributed by atoms with E-state index in [0.29, 0.717) is 36.8 Å². The van der Waals surface area contributed by atoms with Crippen molar-refractivity contribution in [3.63, 3.8) is 0 Å². The molecule has 1 saturated heterocycles. The van der Waals surface area contributed by atoms with Crippen molar-refractivity contribution in [2.24, 2.45) is 0 Å². The number of hydrogen-bond donors (Lipinski definition) is 1. The molecule has 3 aromatic rings. The monoisotopic (exact) mass is 447 g/mol. The van der Waals surface area contributed by atoms with Gasteiger partial charge < -0.3 is 15.1 Å². The maximum Gasteiger partial charge on any atom is 0.251 e. The molecule has 29 heavy (non-hydrogen) atoms. The van der Waals surface area contributed by atoms with Crippen LogP contribution in [0.5, 0.6) is 0 Å². The van der Waals surface area contributed by atoms with Crippen LogP contribution in [0.3, 0.4) is 0 Å². The third kappa shape index (κ3) is 4.75. The van der Waals surface area contributed by atoms with Crippen molar-refractivity contribution in [2.75, 3.05) is 37.6 Å². The molecule has 1 aliphatic rings. The number of carbonyl (C=O) groups excluding carboxylic acids is 2. The van der Waals surface area contributed by atoms with E-state index >= 15 is 0 Å². The summed E-state index contributed by atoms with van der Waals surface area (Å²) in [7, 11) is 0. The first-order valence-corrected chi connectivity index (χ1v) is 11.1. The van der Waals surface area contributed by atoms with Crippen molar-refractivity contribution in [2.45, 2.75) is 0 Å². The molecule has 1 N–H and O–H groups in total. The average molecular weight is 448 g/mol. The van der Waals surface area contributed by atoms with Gasteiger partial charge in [0.2, 0.25) is 11.0 Å². The molecule has 0 spiro atoms. The highest BCUT2D eigenvalue weighted by molar-refractivity contribution is 7.22. The molecule has 1 fully saturated rings. The predicted octanol–water partition coefficient (Wildman–Crippen LogP) is 3.00. The summed E-state index contributed by atoms with van der Waals surface area (Å²) in [4.78, 5) is 29.6. The molecule has 0 bridgehead atoms. The highest BCUT2D eigenvalue weighted by atomic mass is 35.5. The number of nitrogens with one attached hydrogen (secondary N) is 1. The van der Waals surface area contributed by atoms with Crippen LogP contribution in [-0.4, -0.2) is 59.6 Å². The summed E-state index contributed by atoms with van der Waals surface area (Å²) >= 11 is 9.03. The van der Waals surface area contributed by atoms with Gasteiger partial charge in [-0.2, -0.15) is 0 Å². The lowest BCUT2D eigenvalue weighted by Gasteiger charge is -2.34. The zero-order valence-electron chi connectivity index (χ0n) is 15.4. The quantitative estimate of drug-likeness (QED) is 0.650. The SMILES string of the molecule is O=C(NCC(=O)N1CCN(c2nnc(-c3cccs3)s2)CC1)c1ccc(Cl)cc1. The van der Waals surface area contributed by atoms with E-state index in [1.54, 1.807) is 51.8 Å². The van der Waals surface area contributed by atoms with Gasteiger partial charge in [0.25, 0.3) is 5.91 Å². The van der Waals surface area contributed by atoms with Crippen molar-refractivity contribution >= 4 is 51.2 Å². The summed E-state index contributed by atoms with van der Waals surface area (Å²) in [5.41, 5.74) is 0.477. The summed E-state index contributed by atoms with van der Waals surface area (Å²) in [6, 6.07) is 10.6. The molecular formula is C19H18ClN5O2S2. The Morgan fingerprint density at radius 2 is 1.83 bits per heavy atom. The van der Waals surface area contributed by atoms with E-state index in [9.17, 15) is 9.59 Å². The van der Waals surface area contributed by atoms with E-state index < -0.39 is 0 Å². The van der Waals surface area contributed by atoms with E-state index in [1.165, 1.54) is 0 Å². The van der Waals surface area contributed by atoms with Gasteiger partial charge in [-0.3, -0.25) is 9.59 Å². The second kappa shape index (κ2) is 8.89. The minimum atomic E-state index is -0.288. The van der Waals surface area contributed by atoms with Gasteiger partial charge in [0.15, 0.2) is 5.01 Å². The highest BCUT2D eigenvalue weighted by Crippen LogP contribution is 2.31. The number of hydrogen-bond acceptors (Lipinski definition) is 7. The van der Waals surface area contributed by atoms with Gasteiger partial charge in [-0.1, -0.05) is 29.0 Å². The maximum atomic E-state index is 12.4. The number of anilines is 1. The molecule has 3 heterocycles. The fourth-order valence-corrected chi connectivity index (χ4v) is 4.78. The number of nitrogens with zero attached hydrogens (tertiary/aromatic N) is 4. The van der Waals surface area contributed by atoms with Gasteiger partial charge in [0.05, 0.1) is 11.4 Å². The molecule has 0 radical (unpaired) electrons. The Kier molecular flexibility index (Phi) is 6.08. The fourth-order valence-electron chi connectivity index (χ4n) is 2.96. The van der Waals surface area contributed by atoms with Gasteiger partial charge in [0, 0.05) is 36.8 Å². The van der Waals surface area contributed by atoms with Crippen LogP contribution in [0.2, 0.25) is 5.02 Å². The summed E-state index contributed by atoms with van der Waals surface area (Å²) in [5.74, 6) is -0.382. The summed E-state index contributed by atoms with van der Waals surface area (Å²) in [6.45, 7) is 2.53. The number of amides is 2. The van der Waals surface area contributed by atoms with Gasteiger partial charge in [-0.05, 0) is 35.7 Å². The Morgan fingerprint density at radius 3 is 2.52 bits per heavy atom. The van der Waals surface area contributed by atoms with Crippen LogP contribution in [0.15, 0.2) is 41.8 Å². The van der Waals surface area contributed by atoms with Crippen molar-refractivity contribution in [1.82, 2.24) is 20.4 Å². The number of carbonyl (C=O) groups is 2. The molecule has 10 heteroatoms. The minimum absolute atomic E-state index is 0.0250. The van der Waals surface area contributed by atoms with E-state index in [0.717, 1.165) is 15.0 Å². The second-order valence-corrected chi connectivity index (χ2v) is 8.76. The Labute approximate surface area is 180 Å². The number of halogens is 1. The van der Waals surface area contributed by atoms with Gasteiger partial charge >= 0.3 is 0 Å². The normalized spacial score (nSPS) is 14.1. The molecule has 1 aliphatic heterocycles. The summed E-state index contributed by atoms with van der Waals surface area (Å²) < 4.78 is 0. The molecule has 4 rings (SSSR count). The number of piperazine rings is 1. The van der Waals surface area contributed by atoms with Crippen molar-refractivity contribution in [3.8, 4) is 9.88 Å². The number of thiophene rings is 1. The summed E-state index contributed by atoms with van der Waals surface area (Å²) in [6.07, 6.45) is 0. The Balaban J connectivity index is 1.26. The summed E-state index contributed by atoms with van der Waals surface area (Å²) in [5, 5.41) is 15.6. The molecule has 1 aromatic carbocycles. The number of benzene rings is 1. The van der Waals surface area contributed by atoms with Crippen molar-refractivity contribution in [1.29, 1.82) is 0 Å². The lowest BCUT2D eigenvalue weighted by atomic mass is 10.2. The van der Waals surface area contributed by atoms with Crippen LogP contribution in [0.25, 0.3) is 9.88 Å². The highest BCUT2D eigenvalue weighted by Gasteiger charge is 2.24. The Morgan fingerprint density at radius 1 is 1.07 bits per heavy atom. The van der Waals surface area contributed by atoms with Crippen molar-refractivity contribution in [3.05, 3.63) is 52.4 Å². The zero-order chi connectivity index (χ0) is 20.2. The van der Waals surface area contributed by atoms with Crippen molar-refractivity contribution < 1.29 is 9.59 Å². The van der Waals surface area contributed by atoms with E-state index in [1.807, 2.05) is 17.5 Å². The Bertz CT molecular complexity index is 982. The first-order valence-electron chi connectivity index (χ1n) is 9.04. The van der Waals surface area contributed by atoms with Gasteiger partial charge in [0.1, 0.15) is 0 Å². The maximum absolute atomic E-state index is 12.4. The molecule has 150 valence electrons. The first-order chi connectivity index (χ1) is 14.1. The lowest BCUT2D eigenvalue weighted by Crippen LogP contribution is -2.51. The topological polar surface area (TPSA) is 78.4 Å².